The van der Waals surface area contributed by atoms with E-state index in [-0.39, 0.29) is 19.0 Å². The molecule has 0 amide bonds. The average Bonchev–Trinajstić information content (AvgIpc) is 2.55. The van der Waals surface area contributed by atoms with Gasteiger partial charge >= 0.3 is 0 Å². The molecule has 1 unspecified atom stereocenters. The Kier molecular flexibility index (Phi) is 9.84. The largest absolute Gasteiger partial charge is 0.491 e. The van der Waals surface area contributed by atoms with Gasteiger partial charge in [0.15, 0.2) is 5.96 Å². The molecule has 3 N–H and O–H groups in total. The van der Waals surface area contributed by atoms with Crippen LogP contribution in [0.4, 0.5) is 4.39 Å². The van der Waals surface area contributed by atoms with Crippen molar-refractivity contribution < 1.29 is 14.2 Å². The normalized spacial score (nSPS) is 13.0. The zero-order valence-corrected chi connectivity index (χ0v) is 14.9. The smallest absolute Gasteiger partial charge is 0.191 e. The molecule has 1 atom stereocenters. The SMILES string of the molecule is CCNC(=NCC(O)COc1ccc(F)cc1)NCCCC(C)C. The highest BCUT2D eigenvalue weighted by atomic mass is 19.1. The molecular weight excluding hydrogens is 309 g/mol. The predicted molar refractivity (Wildman–Crippen MR) is 96.0 cm³/mol. The van der Waals surface area contributed by atoms with E-state index in [0.717, 1.165) is 19.5 Å². The molecule has 5 nitrogen and oxygen atoms in total. The molecule has 0 saturated heterocycles. The van der Waals surface area contributed by atoms with Crippen molar-refractivity contribution in [3.63, 3.8) is 0 Å². The Bertz CT molecular complexity index is 478. The molecule has 0 fully saturated rings. The number of nitrogens with zero attached hydrogens (tertiary/aromatic N) is 1. The summed E-state index contributed by atoms with van der Waals surface area (Å²) in [5.74, 6) is 1.60. The van der Waals surface area contributed by atoms with Crippen LogP contribution in [0.1, 0.15) is 33.6 Å². The van der Waals surface area contributed by atoms with Crippen LogP contribution in [-0.2, 0) is 0 Å². The Morgan fingerprint density at radius 2 is 1.96 bits per heavy atom. The molecule has 0 heterocycles. The fraction of sp³-hybridized carbons (Fsp3) is 0.611. The van der Waals surface area contributed by atoms with Crippen LogP contribution in [0, 0.1) is 11.7 Å². The zero-order chi connectivity index (χ0) is 17.8. The molecule has 0 saturated carbocycles. The first kappa shape index (κ1) is 20.2. The maximum Gasteiger partial charge on any atom is 0.191 e. The number of aliphatic hydroxyl groups excluding tert-OH is 1. The van der Waals surface area contributed by atoms with E-state index in [9.17, 15) is 9.50 Å². The predicted octanol–water partition coefficient (Wildman–Crippen LogP) is 2.56. The van der Waals surface area contributed by atoms with E-state index < -0.39 is 6.10 Å². The summed E-state index contributed by atoms with van der Waals surface area (Å²) in [7, 11) is 0. The monoisotopic (exact) mass is 339 g/mol. The molecule has 1 aromatic carbocycles. The number of guanidine groups is 1. The van der Waals surface area contributed by atoms with E-state index >= 15 is 0 Å². The molecule has 1 rings (SSSR count). The average molecular weight is 339 g/mol. The third-order valence-electron chi connectivity index (χ3n) is 3.31. The van der Waals surface area contributed by atoms with Gasteiger partial charge in [-0.25, -0.2) is 4.39 Å². The van der Waals surface area contributed by atoms with Crippen LogP contribution in [0.15, 0.2) is 29.3 Å². The lowest BCUT2D eigenvalue weighted by Crippen LogP contribution is -2.38. The molecular formula is C18H30FN3O2. The number of hydrogen-bond acceptors (Lipinski definition) is 3. The molecule has 0 aliphatic rings. The Hall–Kier alpha value is -1.82. The first-order chi connectivity index (χ1) is 11.5. The minimum Gasteiger partial charge on any atom is -0.491 e. The lowest BCUT2D eigenvalue weighted by Gasteiger charge is -2.14. The van der Waals surface area contributed by atoms with Gasteiger partial charge < -0.3 is 20.5 Å². The van der Waals surface area contributed by atoms with Gasteiger partial charge in [-0.1, -0.05) is 13.8 Å². The van der Waals surface area contributed by atoms with Gasteiger partial charge in [0.2, 0.25) is 0 Å². The Morgan fingerprint density at radius 1 is 1.25 bits per heavy atom. The summed E-state index contributed by atoms with van der Waals surface area (Å²) in [4.78, 5) is 4.36. The van der Waals surface area contributed by atoms with E-state index in [1.807, 2.05) is 6.92 Å². The van der Waals surface area contributed by atoms with Crippen LogP contribution in [-0.4, -0.2) is 43.4 Å². The first-order valence-electron chi connectivity index (χ1n) is 8.59. The summed E-state index contributed by atoms with van der Waals surface area (Å²) in [6.07, 6.45) is 1.53. The summed E-state index contributed by atoms with van der Waals surface area (Å²) in [6.45, 7) is 8.37. The highest BCUT2D eigenvalue weighted by Crippen LogP contribution is 2.11. The number of halogens is 1. The molecule has 0 aliphatic heterocycles. The third kappa shape index (κ3) is 9.35. The van der Waals surface area contributed by atoms with Crippen LogP contribution in [0.25, 0.3) is 0 Å². The van der Waals surface area contributed by atoms with Gasteiger partial charge in [0.1, 0.15) is 24.3 Å². The molecule has 136 valence electrons. The van der Waals surface area contributed by atoms with Crippen LogP contribution in [0.5, 0.6) is 5.75 Å². The fourth-order valence-electron chi connectivity index (χ4n) is 2.03. The van der Waals surface area contributed by atoms with Crippen LogP contribution >= 0.6 is 0 Å². The van der Waals surface area contributed by atoms with Crippen molar-refractivity contribution in [1.29, 1.82) is 0 Å². The number of hydrogen-bond donors (Lipinski definition) is 3. The Balaban J connectivity index is 2.33. The van der Waals surface area contributed by atoms with Crippen molar-refractivity contribution >= 4 is 5.96 Å². The maximum absolute atomic E-state index is 12.8. The zero-order valence-electron chi connectivity index (χ0n) is 14.9. The fourth-order valence-corrected chi connectivity index (χ4v) is 2.03. The second-order valence-corrected chi connectivity index (χ2v) is 6.10. The van der Waals surface area contributed by atoms with Crippen LogP contribution in [0.3, 0.4) is 0 Å². The van der Waals surface area contributed by atoms with Gasteiger partial charge in [0.25, 0.3) is 0 Å². The van der Waals surface area contributed by atoms with E-state index in [4.69, 9.17) is 4.74 Å². The molecule has 0 aliphatic carbocycles. The number of rotatable bonds is 10. The van der Waals surface area contributed by atoms with Gasteiger partial charge in [-0.2, -0.15) is 0 Å². The summed E-state index contributed by atoms with van der Waals surface area (Å²) >= 11 is 0. The minimum absolute atomic E-state index is 0.113. The Labute approximate surface area is 144 Å². The third-order valence-corrected chi connectivity index (χ3v) is 3.31. The van der Waals surface area contributed by atoms with Crippen molar-refractivity contribution in [1.82, 2.24) is 10.6 Å². The molecule has 1 aromatic rings. The van der Waals surface area contributed by atoms with E-state index in [2.05, 4.69) is 29.5 Å². The summed E-state index contributed by atoms with van der Waals surface area (Å²) in [5, 5.41) is 16.4. The lowest BCUT2D eigenvalue weighted by atomic mass is 10.1. The molecule has 0 aromatic heterocycles. The van der Waals surface area contributed by atoms with E-state index in [1.54, 1.807) is 0 Å². The van der Waals surface area contributed by atoms with Crippen molar-refractivity contribution in [3.8, 4) is 5.75 Å². The molecule has 24 heavy (non-hydrogen) atoms. The molecule has 0 spiro atoms. The van der Waals surface area contributed by atoms with Crippen molar-refractivity contribution in [2.45, 2.75) is 39.7 Å². The topological polar surface area (TPSA) is 65.9 Å². The minimum atomic E-state index is -0.721. The van der Waals surface area contributed by atoms with Gasteiger partial charge in [-0.3, -0.25) is 4.99 Å². The van der Waals surface area contributed by atoms with E-state index in [1.165, 1.54) is 30.7 Å². The number of aliphatic imine (C=N–C) groups is 1. The number of benzene rings is 1. The number of aliphatic hydroxyl groups is 1. The van der Waals surface area contributed by atoms with E-state index in [0.29, 0.717) is 17.6 Å². The summed E-state index contributed by atoms with van der Waals surface area (Å²) < 4.78 is 18.2. The number of ether oxygens (including phenoxy) is 1. The standard InChI is InChI=1S/C18H30FN3O2/c1-4-20-18(21-11-5-6-14(2)3)22-12-16(23)13-24-17-9-7-15(19)8-10-17/h7-10,14,16,23H,4-6,11-13H2,1-3H3,(H2,20,21,22). The lowest BCUT2D eigenvalue weighted by molar-refractivity contribution is 0.114. The van der Waals surface area contributed by atoms with Gasteiger partial charge in [0, 0.05) is 13.1 Å². The second kappa shape index (κ2) is 11.7. The highest BCUT2D eigenvalue weighted by Gasteiger charge is 2.06. The van der Waals surface area contributed by atoms with Gasteiger partial charge in [-0.05, 0) is 49.9 Å². The quantitative estimate of drug-likeness (QED) is 0.348. The maximum atomic E-state index is 12.8. The van der Waals surface area contributed by atoms with Crippen molar-refractivity contribution in [2.75, 3.05) is 26.2 Å². The molecule has 0 radical (unpaired) electrons. The van der Waals surface area contributed by atoms with Crippen LogP contribution < -0.4 is 15.4 Å². The highest BCUT2D eigenvalue weighted by molar-refractivity contribution is 5.79. The van der Waals surface area contributed by atoms with Gasteiger partial charge in [-0.15, -0.1) is 0 Å². The van der Waals surface area contributed by atoms with Crippen molar-refractivity contribution in [3.05, 3.63) is 30.1 Å². The summed E-state index contributed by atoms with van der Waals surface area (Å²) in [6, 6.07) is 5.71. The van der Waals surface area contributed by atoms with Gasteiger partial charge in [0.05, 0.1) is 6.54 Å². The Morgan fingerprint density at radius 3 is 2.58 bits per heavy atom. The first-order valence-corrected chi connectivity index (χ1v) is 8.59. The summed E-state index contributed by atoms with van der Waals surface area (Å²) in [5.41, 5.74) is 0. The molecule has 6 heteroatoms. The molecule has 0 bridgehead atoms. The second-order valence-electron chi connectivity index (χ2n) is 6.10. The number of nitrogens with one attached hydrogen (secondary N) is 2. The van der Waals surface area contributed by atoms with Crippen molar-refractivity contribution in [2.24, 2.45) is 10.9 Å². The van der Waals surface area contributed by atoms with Crippen LogP contribution in [0.2, 0.25) is 0 Å².